The lowest BCUT2D eigenvalue weighted by Gasteiger charge is -2.33. The molecule has 0 bridgehead atoms. The van der Waals surface area contributed by atoms with E-state index in [-0.39, 0.29) is 5.91 Å². The first-order valence-electron chi connectivity index (χ1n) is 10.8. The molecule has 2 aliphatic heterocycles. The van der Waals surface area contributed by atoms with Crippen LogP contribution in [0.3, 0.4) is 0 Å². The zero-order valence-electron chi connectivity index (χ0n) is 17.9. The van der Waals surface area contributed by atoms with E-state index in [2.05, 4.69) is 40.1 Å². The second-order valence-electron chi connectivity index (χ2n) is 8.18. The average molecular weight is 398 g/mol. The summed E-state index contributed by atoms with van der Waals surface area (Å²) in [6.07, 6.45) is 4.54. The van der Waals surface area contributed by atoms with Crippen molar-refractivity contribution in [3.63, 3.8) is 0 Å². The number of fused-ring (bicyclic) bond motifs is 1. The normalized spacial score (nSPS) is 17.9. The molecule has 1 saturated heterocycles. The summed E-state index contributed by atoms with van der Waals surface area (Å²) in [7, 11) is 1.80. The average Bonchev–Trinajstić information content (AvgIpc) is 3.15. The molecule has 0 saturated carbocycles. The third kappa shape index (κ3) is 6.07. The maximum Gasteiger partial charge on any atom is 0.227 e. The van der Waals surface area contributed by atoms with Crippen molar-refractivity contribution in [3.05, 3.63) is 42.0 Å². The van der Waals surface area contributed by atoms with E-state index in [1.807, 2.05) is 23.1 Å². The Morgan fingerprint density at radius 3 is 2.72 bits per heavy atom. The van der Waals surface area contributed by atoms with Gasteiger partial charge in [-0.05, 0) is 44.2 Å². The Bertz CT molecular complexity index is 737. The van der Waals surface area contributed by atoms with Crippen LogP contribution < -0.4 is 15.5 Å². The monoisotopic (exact) mass is 397 g/mol. The summed E-state index contributed by atoms with van der Waals surface area (Å²) in [6.45, 7) is 10.8. The van der Waals surface area contributed by atoms with Crippen molar-refractivity contribution < 1.29 is 4.79 Å². The molecule has 29 heavy (non-hydrogen) atoms. The van der Waals surface area contributed by atoms with Crippen LogP contribution in [0, 0.1) is 0 Å². The van der Waals surface area contributed by atoms with Crippen LogP contribution in [-0.4, -0.2) is 62.6 Å². The van der Waals surface area contributed by atoms with Crippen LogP contribution in [0.4, 0.5) is 5.69 Å². The fraction of sp³-hybridized carbons (Fsp3) is 0.565. The van der Waals surface area contributed by atoms with E-state index in [1.165, 1.54) is 11.1 Å². The minimum atomic E-state index is 0.213. The largest absolute Gasteiger partial charge is 0.356 e. The molecule has 1 amide bonds. The number of guanidine groups is 1. The Balaban J connectivity index is 1.34. The van der Waals surface area contributed by atoms with Crippen molar-refractivity contribution in [2.24, 2.45) is 4.99 Å². The van der Waals surface area contributed by atoms with E-state index in [4.69, 9.17) is 0 Å². The van der Waals surface area contributed by atoms with E-state index in [9.17, 15) is 4.79 Å². The van der Waals surface area contributed by atoms with Gasteiger partial charge in [-0.1, -0.05) is 30.4 Å². The molecular formula is C23H35N5O. The van der Waals surface area contributed by atoms with Crippen LogP contribution in [0.2, 0.25) is 0 Å². The quantitative estimate of drug-likeness (QED) is 0.321. The molecule has 6 nitrogen and oxygen atoms in total. The standard InChI is InChI=1S/C23H35N5O/c1-18(2)17-27-14-11-20(12-15-27)26-23(24-3)25-13-6-9-22(29)28-16-10-19-7-4-5-8-21(19)28/h4-5,7-8,20H,1,6,9-17H2,2-3H3,(H2,24,25,26). The second kappa shape index (κ2) is 10.4. The highest BCUT2D eigenvalue weighted by atomic mass is 16.2. The van der Waals surface area contributed by atoms with Crippen LogP contribution in [0.15, 0.2) is 41.4 Å². The molecule has 0 spiro atoms. The number of nitrogens with one attached hydrogen (secondary N) is 2. The molecule has 6 heteroatoms. The number of carbonyl (C=O) groups excluding carboxylic acids is 1. The molecule has 1 aromatic rings. The number of rotatable bonds is 7. The van der Waals surface area contributed by atoms with Crippen molar-refractivity contribution in [1.82, 2.24) is 15.5 Å². The number of benzene rings is 1. The lowest BCUT2D eigenvalue weighted by molar-refractivity contribution is -0.118. The molecule has 1 aromatic carbocycles. The number of carbonyl (C=O) groups is 1. The molecule has 1 fully saturated rings. The molecule has 0 aliphatic carbocycles. The first-order chi connectivity index (χ1) is 14.1. The van der Waals surface area contributed by atoms with Gasteiger partial charge < -0.3 is 15.5 Å². The topological polar surface area (TPSA) is 60.0 Å². The second-order valence-corrected chi connectivity index (χ2v) is 8.18. The number of hydrogen-bond donors (Lipinski definition) is 2. The van der Waals surface area contributed by atoms with Crippen LogP contribution in [-0.2, 0) is 11.2 Å². The predicted molar refractivity (Wildman–Crippen MR) is 121 cm³/mol. The van der Waals surface area contributed by atoms with Gasteiger partial charge in [-0.2, -0.15) is 0 Å². The minimum absolute atomic E-state index is 0.213. The molecule has 0 radical (unpaired) electrons. The molecule has 3 rings (SSSR count). The molecule has 0 unspecified atom stereocenters. The number of piperidine rings is 1. The van der Waals surface area contributed by atoms with Gasteiger partial charge in [-0.25, -0.2) is 0 Å². The molecular weight excluding hydrogens is 362 g/mol. The highest BCUT2D eigenvalue weighted by molar-refractivity contribution is 5.95. The number of nitrogens with zero attached hydrogens (tertiary/aromatic N) is 3. The summed E-state index contributed by atoms with van der Waals surface area (Å²) in [5, 5.41) is 6.90. The Kier molecular flexibility index (Phi) is 7.69. The van der Waals surface area contributed by atoms with Gasteiger partial charge in [0.2, 0.25) is 5.91 Å². The lowest BCUT2D eigenvalue weighted by Crippen LogP contribution is -2.49. The van der Waals surface area contributed by atoms with Crippen molar-refractivity contribution in [3.8, 4) is 0 Å². The number of anilines is 1. The Labute approximate surface area is 175 Å². The first-order valence-corrected chi connectivity index (χ1v) is 10.8. The van der Waals surface area contributed by atoms with Gasteiger partial charge in [-0.3, -0.25) is 14.7 Å². The fourth-order valence-corrected chi connectivity index (χ4v) is 4.18. The van der Waals surface area contributed by atoms with Crippen molar-refractivity contribution >= 4 is 17.6 Å². The van der Waals surface area contributed by atoms with Crippen LogP contribution in [0.1, 0.15) is 38.2 Å². The number of likely N-dealkylation sites (tertiary alicyclic amines) is 1. The molecule has 0 aromatic heterocycles. The van der Waals surface area contributed by atoms with Gasteiger partial charge in [0, 0.05) is 57.9 Å². The maximum absolute atomic E-state index is 12.6. The van der Waals surface area contributed by atoms with Crippen molar-refractivity contribution in [2.75, 3.05) is 44.7 Å². The zero-order valence-corrected chi connectivity index (χ0v) is 17.9. The highest BCUT2D eigenvalue weighted by Gasteiger charge is 2.23. The van der Waals surface area contributed by atoms with E-state index in [0.29, 0.717) is 12.5 Å². The number of amides is 1. The fourth-order valence-electron chi connectivity index (χ4n) is 4.18. The maximum atomic E-state index is 12.6. The first kappa shape index (κ1) is 21.4. The van der Waals surface area contributed by atoms with Gasteiger partial charge in [0.25, 0.3) is 0 Å². The summed E-state index contributed by atoms with van der Waals surface area (Å²) >= 11 is 0. The Morgan fingerprint density at radius 1 is 1.24 bits per heavy atom. The van der Waals surface area contributed by atoms with Gasteiger partial charge in [0.15, 0.2) is 5.96 Å². The predicted octanol–water partition coefficient (Wildman–Crippen LogP) is 2.56. The number of para-hydroxylation sites is 1. The van der Waals surface area contributed by atoms with E-state index < -0.39 is 0 Å². The van der Waals surface area contributed by atoms with E-state index >= 15 is 0 Å². The molecule has 0 atom stereocenters. The van der Waals surface area contributed by atoms with Crippen molar-refractivity contribution in [2.45, 2.75) is 45.1 Å². The van der Waals surface area contributed by atoms with E-state index in [1.54, 1.807) is 7.05 Å². The minimum Gasteiger partial charge on any atom is -0.356 e. The van der Waals surface area contributed by atoms with Gasteiger partial charge in [0.05, 0.1) is 0 Å². The van der Waals surface area contributed by atoms with Crippen LogP contribution in [0.5, 0.6) is 0 Å². The summed E-state index contributed by atoms with van der Waals surface area (Å²) in [5.41, 5.74) is 3.58. The third-order valence-electron chi connectivity index (χ3n) is 5.69. The van der Waals surface area contributed by atoms with Crippen LogP contribution in [0.25, 0.3) is 0 Å². The van der Waals surface area contributed by atoms with Gasteiger partial charge >= 0.3 is 0 Å². The molecule has 158 valence electrons. The molecule has 2 heterocycles. The Hall–Kier alpha value is -2.34. The van der Waals surface area contributed by atoms with Gasteiger partial charge in [0.1, 0.15) is 0 Å². The van der Waals surface area contributed by atoms with E-state index in [0.717, 1.165) is 70.1 Å². The molecule has 2 N–H and O–H groups in total. The lowest BCUT2D eigenvalue weighted by atomic mass is 10.0. The summed E-state index contributed by atoms with van der Waals surface area (Å²) in [6, 6.07) is 8.66. The van der Waals surface area contributed by atoms with Crippen LogP contribution >= 0.6 is 0 Å². The molecule has 2 aliphatic rings. The van der Waals surface area contributed by atoms with Gasteiger partial charge in [-0.15, -0.1) is 0 Å². The third-order valence-corrected chi connectivity index (χ3v) is 5.69. The van der Waals surface area contributed by atoms with Crippen molar-refractivity contribution in [1.29, 1.82) is 0 Å². The number of aliphatic imine (C=N–C) groups is 1. The smallest absolute Gasteiger partial charge is 0.227 e. The summed E-state index contributed by atoms with van der Waals surface area (Å²) in [5.74, 6) is 1.05. The number of hydrogen-bond acceptors (Lipinski definition) is 3. The highest BCUT2D eigenvalue weighted by Crippen LogP contribution is 2.27. The SMILES string of the molecule is C=C(C)CN1CCC(NC(=NC)NCCCC(=O)N2CCc3ccccc32)CC1. The zero-order chi connectivity index (χ0) is 20.6. The summed E-state index contributed by atoms with van der Waals surface area (Å²) in [4.78, 5) is 21.3. The Morgan fingerprint density at radius 2 is 2.00 bits per heavy atom. The summed E-state index contributed by atoms with van der Waals surface area (Å²) < 4.78 is 0.